The lowest BCUT2D eigenvalue weighted by Crippen LogP contribution is -2.28. The summed E-state index contributed by atoms with van der Waals surface area (Å²) < 4.78 is 93.7. The monoisotopic (exact) mass is 927 g/mol. The van der Waals surface area contributed by atoms with Crippen LogP contribution < -0.4 is 4.90 Å². The Morgan fingerprint density at radius 2 is 0.681 bits per heavy atom. The third kappa shape index (κ3) is 6.29. The number of hydrogen-bond acceptors (Lipinski definition) is 2. The maximum absolute atomic E-state index is 9.08. The molecule has 0 atom stereocenters. The SMILES string of the molecule is [2H]c1c([2H])c([2H])c(-c2ccc3c(c2)-c2cc(N(c4ccc5c(c4)-c4cc(-c6c([2H])c([2H])c([2H])c([2H])c6[2H])ccc4C5(c4ccccc4)c4ccccc4)c4ccc5occc5c4)ccc2C3(c2ccccc2)c2ccccc2)c([2H])c1[2H]. The molecule has 0 aliphatic heterocycles. The molecule has 0 bridgehead atoms. The molecule has 72 heavy (non-hydrogen) atoms. The largest absolute Gasteiger partial charge is 0.464 e. The van der Waals surface area contributed by atoms with Gasteiger partial charge in [-0.15, -0.1) is 0 Å². The summed E-state index contributed by atoms with van der Waals surface area (Å²) in [7, 11) is 0. The first-order valence-electron chi connectivity index (χ1n) is 29.1. The maximum atomic E-state index is 9.08. The summed E-state index contributed by atoms with van der Waals surface area (Å²) in [6.45, 7) is 0. The molecule has 0 N–H and O–H groups in total. The molecule has 0 saturated heterocycles. The molecule has 11 aromatic carbocycles. The molecule has 0 spiro atoms. The van der Waals surface area contributed by atoms with E-state index in [0.29, 0.717) is 11.1 Å². The molecule has 14 rings (SSSR count). The van der Waals surface area contributed by atoms with Crippen LogP contribution >= 0.6 is 0 Å². The molecule has 1 aromatic heterocycles. The van der Waals surface area contributed by atoms with Gasteiger partial charge >= 0.3 is 0 Å². The van der Waals surface area contributed by atoms with Crippen molar-refractivity contribution in [2.45, 2.75) is 10.8 Å². The minimum absolute atomic E-state index is 0.119. The molecule has 2 aliphatic carbocycles. The van der Waals surface area contributed by atoms with E-state index in [2.05, 4.69) is 108 Å². The number of rotatable bonds is 9. The minimum atomic E-state index is -0.835. The van der Waals surface area contributed by atoms with E-state index in [1.165, 1.54) is 0 Å². The van der Waals surface area contributed by atoms with Gasteiger partial charge in [0.2, 0.25) is 0 Å². The fourth-order valence-corrected chi connectivity index (χ4v) is 11.9. The Morgan fingerprint density at radius 3 is 1.10 bits per heavy atom. The molecular formula is C70H47NO. The third-order valence-electron chi connectivity index (χ3n) is 14.9. The van der Waals surface area contributed by atoms with Crippen molar-refractivity contribution in [3.8, 4) is 44.5 Å². The molecule has 0 fully saturated rings. The summed E-state index contributed by atoms with van der Waals surface area (Å²) in [6.07, 6.45) is 1.68. The van der Waals surface area contributed by atoms with Gasteiger partial charge in [-0.05, 0) is 150 Å². The molecule has 338 valence electrons. The van der Waals surface area contributed by atoms with Crippen LogP contribution in [0, 0.1) is 0 Å². The second kappa shape index (κ2) is 16.7. The summed E-state index contributed by atoms with van der Waals surface area (Å²) >= 11 is 0. The van der Waals surface area contributed by atoms with E-state index >= 15 is 0 Å². The van der Waals surface area contributed by atoms with Crippen LogP contribution in [-0.2, 0) is 10.8 Å². The van der Waals surface area contributed by atoms with E-state index in [1.54, 1.807) is 6.26 Å². The van der Waals surface area contributed by atoms with Crippen molar-refractivity contribution in [3.05, 3.63) is 330 Å². The van der Waals surface area contributed by atoms with Crippen LogP contribution in [0.2, 0.25) is 0 Å². The van der Waals surface area contributed by atoms with Crippen molar-refractivity contribution in [2.24, 2.45) is 0 Å². The van der Waals surface area contributed by atoms with Gasteiger partial charge in [-0.3, -0.25) is 0 Å². The van der Waals surface area contributed by atoms with Gasteiger partial charge in [0.25, 0.3) is 0 Å². The molecule has 0 unspecified atom stereocenters. The van der Waals surface area contributed by atoms with Gasteiger partial charge in [0.15, 0.2) is 0 Å². The Bertz CT molecular complexity index is 4190. The summed E-state index contributed by atoms with van der Waals surface area (Å²) in [6, 6.07) is 70.9. The number of fused-ring (bicyclic) bond motifs is 7. The first-order valence-corrected chi connectivity index (χ1v) is 24.1. The van der Waals surface area contributed by atoms with Crippen LogP contribution in [0.25, 0.3) is 55.5 Å². The average molecular weight is 928 g/mol. The minimum Gasteiger partial charge on any atom is -0.464 e. The van der Waals surface area contributed by atoms with Crippen LogP contribution in [-0.4, -0.2) is 0 Å². The lowest BCUT2D eigenvalue weighted by molar-refractivity contribution is 0.616. The Balaban J connectivity index is 1.05. The van der Waals surface area contributed by atoms with Crippen LogP contribution in [0.3, 0.4) is 0 Å². The molecule has 1 heterocycles. The smallest absolute Gasteiger partial charge is 0.133 e. The number of anilines is 3. The quantitative estimate of drug-likeness (QED) is 0.143. The molecule has 2 nitrogen and oxygen atoms in total. The topological polar surface area (TPSA) is 16.4 Å². The number of benzene rings is 11. The van der Waals surface area contributed by atoms with Crippen LogP contribution in [0.1, 0.15) is 58.2 Å². The maximum Gasteiger partial charge on any atom is 0.133 e. The van der Waals surface area contributed by atoms with Crippen LogP contribution in [0.15, 0.2) is 289 Å². The second-order valence-corrected chi connectivity index (χ2v) is 18.4. The van der Waals surface area contributed by atoms with Crippen molar-refractivity contribution < 1.29 is 18.1 Å². The standard InChI is InChI=1S/C70H47NO/c1-7-19-48(20-8-1)50-31-36-64-60(44-50)62-46-58(33-38-66(62)69(64,53-23-11-3-12-24-53)54-25-13-4-14-26-54)71(57-35-40-68-52(43-57)41-42-72-68)59-34-39-67-63(47-59)61-45-51(49-21-9-2-10-22-49)32-37-65(61)70(67,55-27-15-5-16-28-55)56-29-17-6-18-30-56/h1-47H/i1D,2D,7D,8D,9D,10D,19D,20D,21D,22D. The summed E-state index contributed by atoms with van der Waals surface area (Å²) in [5.74, 6) is 0. The second-order valence-electron chi connectivity index (χ2n) is 18.4. The highest BCUT2D eigenvalue weighted by Crippen LogP contribution is 2.60. The fraction of sp³-hybridized carbons (Fsp3) is 0.0286. The highest BCUT2D eigenvalue weighted by atomic mass is 16.3. The van der Waals surface area contributed by atoms with E-state index in [-0.39, 0.29) is 35.3 Å². The van der Waals surface area contributed by atoms with Crippen molar-refractivity contribution in [3.63, 3.8) is 0 Å². The van der Waals surface area contributed by atoms with Crippen LogP contribution in [0.4, 0.5) is 17.1 Å². The molecular weight excluding hydrogens is 871 g/mol. The lowest BCUT2D eigenvalue weighted by atomic mass is 9.67. The predicted molar refractivity (Wildman–Crippen MR) is 296 cm³/mol. The van der Waals surface area contributed by atoms with Gasteiger partial charge < -0.3 is 9.32 Å². The first kappa shape index (κ1) is 32.5. The highest BCUT2D eigenvalue weighted by Gasteiger charge is 2.48. The van der Waals surface area contributed by atoms with Gasteiger partial charge in [-0.25, -0.2) is 0 Å². The highest BCUT2D eigenvalue weighted by molar-refractivity contribution is 5.96. The summed E-state index contributed by atoms with van der Waals surface area (Å²) in [4.78, 5) is 2.22. The van der Waals surface area contributed by atoms with E-state index in [0.717, 1.165) is 94.8 Å². The van der Waals surface area contributed by atoms with Crippen molar-refractivity contribution >= 4 is 28.0 Å². The molecule has 2 aliphatic rings. The fourth-order valence-electron chi connectivity index (χ4n) is 11.9. The molecule has 0 amide bonds. The van der Waals surface area contributed by atoms with Crippen molar-refractivity contribution in [2.75, 3.05) is 4.90 Å². The van der Waals surface area contributed by atoms with Gasteiger partial charge in [-0.2, -0.15) is 0 Å². The number of furan rings is 1. The van der Waals surface area contributed by atoms with Crippen molar-refractivity contribution in [1.82, 2.24) is 0 Å². The number of hydrogen-bond donors (Lipinski definition) is 0. The first-order chi connectivity index (χ1) is 39.8. The molecule has 0 saturated carbocycles. The Kier molecular flexibility index (Phi) is 7.56. The zero-order valence-electron chi connectivity index (χ0n) is 48.7. The normalized spacial score (nSPS) is 15.4. The van der Waals surface area contributed by atoms with Gasteiger partial charge in [0.05, 0.1) is 30.8 Å². The van der Waals surface area contributed by atoms with Crippen molar-refractivity contribution in [1.29, 1.82) is 0 Å². The van der Waals surface area contributed by atoms with Crippen LogP contribution in [0.5, 0.6) is 0 Å². The molecule has 0 radical (unpaired) electrons. The lowest BCUT2D eigenvalue weighted by Gasteiger charge is -2.34. The number of nitrogens with zero attached hydrogens (tertiary/aromatic N) is 1. The van der Waals surface area contributed by atoms with E-state index in [1.807, 2.05) is 115 Å². The molecule has 12 aromatic rings. The zero-order valence-corrected chi connectivity index (χ0v) is 38.7. The van der Waals surface area contributed by atoms with Gasteiger partial charge in [-0.1, -0.05) is 218 Å². The van der Waals surface area contributed by atoms with E-state index in [4.69, 9.17) is 18.1 Å². The van der Waals surface area contributed by atoms with E-state index < -0.39 is 47.1 Å². The van der Waals surface area contributed by atoms with E-state index in [9.17, 15) is 0 Å². The predicted octanol–water partition coefficient (Wildman–Crippen LogP) is 18.0. The van der Waals surface area contributed by atoms with Gasteiger partial charge in [0.1, 0.15) is 5.58 Å². The molecule has 2 heteroatoms. The Labute approximate surface area is 434 Å². The van der Waals surface area contributed by atoms with Gasteiger partial charge in [0, 0.05) is 22.4 Å². The Morgan fingerprint density at radius 1 is 0.319 bits per heavy atom. The average Bonchev–Trinajstić information content (AvgIpc) is 1.75. The summed E-state index contributed by atoms with van der Waals surface area (Å²) in [5, 5.41) is 0.895. The third-order valence-corrected chi connectivity index (χ3v) is 14.9. The Hall–Kier alpha value is -9.24. The summed E-state index contributed by atoms with van der Waals surface area (Å²) in [5.41, 5.74) is 14.3. The zero-order chi connectivity index (χ0) is 56.3.